The van der Waals surface area contributed by atoms with Crippen LogP contribution in [0.2, 0.25) is 0 Å². The van der Waals surface area contributed by atoms with Crippen molar-refractivity contribution in [3.05, 3.63) is 114 Å². The summed E-state index contributed by atoms with van der Waals surface area (Å²) in [6.45, 7) is 0.163. The fraction of sp³-hybridized carbons (Fsp3) is 0.200. The molecule has 1 aliphatic rings. The number of carbonyl (C=O) groups is 1. The van der Waals surface area contributed by atoms with Crippen molar-refractivity contribution in [2.75, 3.05) is 0 Å². The minimum absolute atomic E-state index is 0.163. The summed E-state index contributed by atoms with van der Waals surface area (Å²) >= 11 is 0. The number of hydroxylamine groups is 1. The van der Waals surface area contributed by atoms with E-state index in [1.165, 1.54) is 5.56 Å². The molecular weight excluding hydrogens is 390 g/mol. The Balaban J connectivity index is 1.42. The Morgan fingerprint density at radius 2 is 1.71 bits per heavy atom. The van der Waals surface area contributed by atoms with Crippen molar-refractivity contribution >= 4 is 6.09 Å². The highest BCUT2D eigenvalue weighted by Gasteiger charge is 2.28. The van der Waals surface area contributed by atoms with E-state index in [-0.39, 0.29) is 18.8 Å². The van der Waals surface area contributed by atoms with Crippen molar-refractivity contribution in [3.8, 4) is 0 Å². The van der Waals surface area contributed by atoms with Gasteiger partial charge in [-0.05, 0) is 29.7 Å². The number of ether oxygens (including phenoxy) is 1. The first kappa shape index (κ1) is 20.6. The summed E-state index contributed by atoms with van der Waals surface area (Å²) in [6, 6.07) is 23.6. The van der Waals surface area contributed by atoms with Gasteiger partial charge in [0.15, 0.2) is 0 Å². The normalized spacial score (nSPS) is 16.1. The van der Waals surface area contributed by atoms with Crippen LogP contribution in [0, 0.1) is 0 Å². The van der Waals surface area contributed by atoms with Gasteiger partial charge >= 0.3 is 6.09 Å². The second kappa shape index (κ2) is 10.4. The molecule has 1 amide bonds. The van der Waals surface area contributed by atoms with Gasteiger partial charge in [-0.15, -0.1) is 0 Å². The van der Waals surface area contributed by atoms with E-state index in [9.17, 15) is 4.79 Å². The van der Waals surface area contributed by atoms with E-state index in [2.05, 4.69) is 27.9 Å². The van der Waals surface area contributed by atoms with Crippen molar-refractivity contribution in [1.29, 1.82) is 0 Å². The first-order chi connectivity index (χ1) is 15.3. The molecule has 0 saturated heterocycles. The number of benzene rings is 2. The first-order valence-corrected chi connectivity index (χ1v) is 10.3. The van der Waals surface area contributed by atoms with Crippen molar-refractivity contribution in [3.63, 3.8) is 0 Å². The monoisotopic (exact) mass is 415 g/mol. The van der Waals surface area contributed by atoms with Crippen molar-refractivity contribution in [2.24, 2.45) is 0 Å². The number of carbonyl (C=O) groups excluding carboxylic acids is 1. The number of alkyl carbamates (subject to hydrolysis) is 1. The summed E-state index contributed by atoms with van der Waals surface area (Å²) in [7, 11) is 0. The molecule has 3 aromatic rings. The van der Waals surface area contributed by atoms with Crippen LogP contribution in [0.1, 0.15) is 16.7 Å². The molecular formula is C25H25N3O3. The van der Waals surface area contributed by atoms with Crippen LogP contribution >= 0.6 is 0 Å². The molecule has 0 fully saturated rings. The third-order valence-electron chi connectivity index (χ3n) is 5.02. The zero-order chi connectivity index (χ0) is 21.3. The molecule has 0 saturated carbocycles. The number of allylic oxidation sites excluding steroid dienone is 1. The Hall–Kier alpha value is -3.64. The summed E-state index contributed by atoms with van der Waals surface area (Å²) in [5.41, 5.74) is 7.11. The number of amides is 1. The highest BCUT2D eigenvalue weighted by atomic mass is 16.7. The lowest BCUT2D eigenvalue weighted by Gasteiger charge is -2.22. The van der Waals surface area contributed by atoms with Gasteiger partial charge < -0.3 is 10.1 Å². The molecule has 4 rings (SSSR count). The lowest BCUT2D eigenvalue weighted by atomic mass is 10.00. The van der Waals surface area contributed by atoms with Gasteiger partial charge in [-0.3, -0.25) is 15.3 Å². The molecule has 2 unspecified atom stereocenters. The van der Waals surface area contributed by atoms with E-state index >= 15 is 0 Å². The molecule has 0 bridgehead atoms. The predicted molar refractivity (Wildman–Crippen MR) is 118 cm³/mol. The summed E-state index contributed by atoms with van der Waals surface area (Å²) in [5, 5.41) is 2.97. The van der Waals surface area contributed by atoms with E-state index in [4.69, 9.17) is 9.57 Å². The van der Waals surface area contributed by atoms with Gasteiger partial charge in [-0.2, -0.15) is 0 Å². The molecule has 1 aliphatic heterocycles. The Bertz CT molecular complexity index is 994. The van der Waals surface area contributed by atoms with E-state index in [1.54, 1.807) is 12.4 Å². The quantitative estimate of drug-likeness (QED) is 0.583. The molecule has 158 valence electrons. The number of nitrogens with one attached hydrogen (secondary N) is 2. The highest BCUT2D eigenvalue weighted by molar-refractivity contribution is 5.67. The van der Waals surface area contributed by atoms with Crippen LogP contribution in [0.3, 0.4) is 0 Å². The standard InChI is InChI=1S/C25H25N3O3/c29-25(30-18-21-12-7-13-26-17-21)27-23(15-20-10-5-2-6-11-20)24-16-22(28-31-24)14-19-8-3-1-4-9-19/h1-13,16-17,23-24,28H,14-15,18H2,(H,27,29). The Morgan fingerprint density at radius 1 is 1.00 bits per heavy atom. The molecule has 0 spiro atoms. The third-order valence-corrected chi connectivity index (χ3v) is 5.02. The third kappa shape index (κ3) is 6.17. The summed E-state index contributed by atoms with van der Waals surface area (Å²) in [4.78, 5) is 22.3. The van der Waals surface area contributed by atoms with Gasteiger partial charge in [0, 0.05) is 30.1 Å². The number of hydrogen-bond donors (Lipinski definition) is 2. The van der Waals surface area contributed by atoms with E-state index in [0.717, 1.165) is 23.2 Å². The number of hydrogen-bond acceptors (Lipinski definition) is 5. The highest BCUT2D eigenvalue weighted by Crippen LogP contribution is 2.18. The predicted octanol–water partition coefficient (Wildman–Crippen LogP) is 3.95. The lowest BCUT2D eigenvalue weighted by Crippen LogP contribution is -2.45. The average Bonchev–Trinajstić information content (AvgIpc) is 3.28. The SMILES string of the molecule is O=C(NC(Cc1ccccc1)C1C=C(Cc2ccccc2)NO1)OCc1cccnc1. The molecule has 0 radical (unpaired) electrons. The molecule has 0 aliphatic carbocycles. The molecule has 31 heavy (non-hydrogen) atoms. The van der Waals surface area contributed by atoms with Gasteiger partial charge in [0.05, 0.1) is 6.04 Å². The first-order valence-electron chi connectivity index (χ1n) is 10.3. The van der Waals surface area contributed by atoms with Crippen LogP contribution in [0.4, 0.5) is 4.79 Å². The molecule has 2 heterocycles. The van der Waals surface area contributed by atoms with Gasteiger partial charge in [0.25, 0.3) is 0 Å². The minimum atomic E-state index is -0.488. The van der Waals surface area contributed by atoms with Crippen LogP contribution in [-0.4, -0.2) is 23.2 Å². The lowest BCUT2D eigenvalue weighted by molar-refractivity contribution is 0.0191. The zero-order valence-corrected chi connectivity index (χ0v) is 17.1. The van der Waals surface area contributed by atoms with Crippen molar-refractivity contribution in [2.45, 2.75) is 31.6 Å². The number of rotatable bonds is 8. The fourth-order valence-corrected chi connectivity index (χ4v) is 3.46. The van der Waals surface area contributed by atoms with Crippen LogP contribution < -0.4 is 10.8 Å². The van der Waals surface area contributed by atoms with Gasteiger partial charge in [0.1, 0.15) is 12.7 Å². The molecule has 6 nitrogen and oxygen atoms in total. The maximum Gasteiger partial charge on any atom is 0.407 e. The molecule has 6 heteroatoms. The molecule has 2 aromatic carbocycles. The minimum Gasteiger partial charge on any atom is -0.445 e. The Morgan fingerprint density at radius 3 is 2.42 bits per heavy atom. The summed E-state index contributed by atoms with van der Waals surface area (Å²) in [5.74, 6) is 0. The maximum atomic E-state index is 12.5. The zero-order valence-electron chi connectivity index (χ0n) is 17.1. The molecule has 2 N–H and O–H groups in total. The second-order valence-electron chi connectivity index (χ2n) is 7.42. The number of pyridine rings is 1. The van der Waals surface area contributed by atoms with Crippen molar-refractivity contribution < 1.29 is 14.4 Å². The topological polar surface area (TPSA) is 72.5 Å². The fourth-order valence-electron chi connectivity index (χ4n) is 3.46. The van der Waals surface area contributed by atoms with Crippen LogP contribution in [-0.2, 0) is 29.0 Å². The van der Waals surface area contributed by atoms with Crippen LogP contribution in [0.15, 0.2) is 97.0 Å². The Labute approximate surface area is 181 Å². The van der Waals surface area contributed by atoms with E-state index < -0.39 is 6.09 Å². The van der Waals surface area contributed by atoms with E-state index in [0.29, 0.717) is 6.42 Å². The number of aromatic nitrogens is 1. The average molecular weight is 415 g/mol. The van der Waals surface area contributed by atoms with Crippen molar-refractivity contribution in [1.82, 2.24) is 15.8 Å². The van der Waals surface area contributed by atoms with Gasteiger partial charge in [0.2, 0.25) is 0 Å². The van der Waals surface area contributed by atoms with Gasteiger partial charge in [-0.1, -0.05) is 66.7 Å². The Kier molecular flexibility index (Phi) is 6.92. The van der Waals surface area contributed by atoms with Gasteiger partial charge in [-0.25, -0.2) is 4.79 Å². The molecule has 1 aromatic heterocycles. The smallest absolute Gasteiger partial charge is 0.407 e. The molecule has 2 atom stereocenters. The maximum absolute atomic E-state index is 12.5. The van der Waals surface area contributed by atoms with Crippen LogP contribution in [0.25, 0.3) is 0 Å². The largest absolute Gasteiger partial charge is 0.445 e. The summed E-state index contributed by atoms with van der Waals surface area (Å²) in [6.07, 6.45) is 5.94. The second-order valence-corrected chi connectivity index (χ2v) is 7.42. The van der Waals surface area contributed by atoms with E-state index in [1.807, 2.05) is 66.7 Å². The summed E-state index contributed by atoms with van der Waals surface area (Å²) < 4.78 is 5.39. The number of nitrogens with zero attached hydrogens (tertiary/aromatic N) is 1. The van der Waals surface area contributed by atoms with Crippen LogP contribution in [0.5, 0.6) is 0 Å².